The van der Waals surface area contributed by atoms with Crippen LogP contribution < -0.4 is 18.9 Å². The Balaban J connectivity index is 1.90. The molecule has 0 aliphatic rings. The highest BCUT2D eigenvalue weighted by molar-refractivity contribution is 8.04. The minimum Gasteiger partial charge on any atom is -0.497 e. The zero-order chi connectivity index (χ0) is 27.7. The van der Waals surface area contributed by atoms with Crippen molar-refractivity contribution in [3.05, 3.63) is 46.9 Å². The van der Waals surface area contributed by atoms with Crippen LogP contribution in [-0.2, 0) is 20.9 Å². The molecule has 0 spiro atoms. The quantitative estimate of drug-likeness (QED) is 0.189. The van der Waals surface area contributed by atoms with Crippen LogP contribution in [0.15, 0.2) is 46.5 Å². The molecular weight excluding hydrogens is 514 g/mol. The highest BCUT2D eigenvalue weighted by atomic mass is 32.2. The lowest BCUT2D eigenvalue weighted by Gasteiger charge is -2.12. The molecule has 1 heterocycles. The van der Waals surface area contributed by atoms with Crippen molar-refractivity contribution in [1.29, 1.82) is 0 Å². The lowest BCUT2D eigenvalue weighted by Crippen LogP contribution is -2.14. The molecule has 202 valence electrons. The first-order chi connectivity index (χ1) is 18.3. The van der Waals surface area contributed by atoms with Gasteiger partial charge in [-0.05, 0) is 61.5 Å². The van der Waals surface area contributed by atoms with Crippen LogP contribution in [0.2, 0.25) is 0 Å². The molecule has 0 saturated heterocycles. The zero-order valence-electron chi connectivity index (χ0n) is 21.7. The van der Waals surface area contributed by atoms with E-state index in [1.165, 1.54) is 13.2 Å². The number of methoxy groups -OCH3 is 3. The zero-order valence-corrected chi connectivity index (χ0v) is 22.5. The topological polar surface area (TPSA) is 131 Å². The Hall–Kier alpha value is -4.19. The molecule has 3 rings (SSSR count). The Labute approximate surface area is 224 Å². The average molecular weight is 544 g/mol. The second-order valence-corrected chi connectivity index (χ2v) is 8.58. The number of esters is 1. The predicted molar refractivity (Wildman–Crippen MR) is 141 cm³/mol. The molecule has 1 N–H and O–H groups in total. The van der Waals surface area contributed by atoms with Crippen molar-refractivity contribution in [2.24, 2.45) is 0 Å². The van der Waals surface area contributed by atoms with Crippen LogP contribution in [0.4, 0.5) is 0 Å². The van der Waals surface area contributed by atoms with E-state index in [2.05, 4.69) is 10.2 Å². The van der Waals surface area contributed by atoms with Crippen molar-refractivity contribution in [3.63, 3.8) is 0 Å². The Kier molecular flexibility index (Phi) is 9.99. The minimum atomic E-state index is -1.13. The Morgan fingerprint density at radius 3 is 2.26 bits per heavy atom. The van der Waals surface area contributed by atoms with Crippen molar-refractivity contribution in [2.45, 2.75) is 25.5 Å². The summed E-state index contributed by atoms with van der Waals surface area (Å²) in [6, 6.07) is 10.2. The van der Waals surface area contributed by atoms with Crippen molar-refractivity contribution in [2.75, 3.05) is 34.5 Å². The Bertz CT molecular complexity index is 1300. The molecule has 0 aliphatic heterocycles. The van der Waals surface area contributed by atoms with E-state index >= 15 is 0 Å². The van der Waals surface area contributed by atoms with E-state index in [1.807, 2.05) is 11.5 Å². The number of hydrogen-bond donors (Lipinski definition) is 1. The summed E-state index contributed by atoms with van der Waals surface area (Å²) in [5.74, 6) is 0.751. The molecule has 0 fully saturated rings. The van der Waals surface area contributed by atoms with Crippen LogP contribution in [0.1, 0.15) is 19.4 Å². The number of carboxylic acid groups (broad SMARTS) is 1. The van der Waals surface area contributed by atoms with E-state index in [0.29, 0.717) is 51.7 Å². The van der Waals surface area contributed by atoms with E-state index in [1.54, 1.807) is 57.5 Å². The molecule has 0 radical (unpaired) electrons. The highest BCUT2D eigenvalue weighted by Crippen LogP contribution is 2.35. The fraction of sp³-hybridized carbons (Fsp3) is 0.308. The molecule has 38 heavy (non-hydrogen) atoms. The van der Waals surface area contributed by atoms with Crippen molar-refractivity contribution in [3.8, 4) is 34.4 Å². The van der Waals surface area contributed by atoms with Gasteiger partial charge in [0.25, 0.3) is 0 Å². The molecule has 0 aliphatic carbocycles. The number of carbonyl (C=O) groups excluding carboxylic acids is 1. The van der Waals surface area contributed by atoms with Crippen LogP contribution in [0.25, 0.3) is 17.5 Å². The molecule has 11 nitrogen and oxygen atoms in total. The standard InChI is InChI=1S/C26H29N3O8S/c1-6-29-24(17-12-18(33-3)14-19(13-17)34-4)27-28-26(29)38-22(25(31)32)11-16-8-9-20(21(10-16)35-5)37-15-23(30)36-7-2/h8-14H,6-7,15H2,1-5H3,(H,31,32)/b22-11-. The predicted octanol–water partition coefficient (Wildman–Crippen LogP) is 4.15. The second-order valence-electron chi connectivity index (χ2n) is 7.57. The van der Waals surface area contributed by atoms with Gasteiger partial charge in [-0.25, -0.2) is 9.59 Å². The number of carbonyl (C=O) groups is 2. The van der Waals surface area contributed by atoms with Gasteiger partial charge in [0, 0.05) is 18.2 Å². The summed E-state index contributed by atoms with van der Waals surface area (Å²) in [7, 11) is 4.57. The molecule has 0 amide bonds. The summed E-state index contributed by atoms with van der Waals surface area (Å²) >= 11 is 0.971. The number of hydrogen-bond acceptors (Lipinski definition) is 10. The van der Waals surface area contributed by atoms with Crippen LogP contribution in [-0.4, -0.2) is 66.4 Å². The number of thioether (sulfide) groups is 1. The number of aromatic nitrogens is 3. The third kappa shape index (κ3) is 6.97. The summed E-state index contributed by atoms with van der Waals surface area (Å²) < 4.78 is 28.2. The van der Waals surface area contributed by atoms with Crippen LogP contribution in [0, 0.1) is 0 Å². The van der Waals surface area contributed by atoms with Gasteiger partial charge in [-0.3, -0.25) is 0 Å². The highest BCUT2D eigenvalue weighted by Gasteiger charge is 2.20. The number of carboxylic acids is 1. The van der Waals surface area contributed by atoms with E-state index in [4.69, 9.17) is 23.7 Å². The molecule has 0 bridgehead atoms. The lowest BCUT2D eigenvalue weighted by molar-refractivity contribution is -0.145. The maximum absolute atomic E-state index is 12.1. The summed E-state index contributed by atoms with van der Waals surface area (Å²) in [6.45, 7) is 4.09. The van der Waals surface area contributed by atoms with Gasteiger partial charge >= 0.3 is 11.9 Å². The molecule has 12 heteroatoms. The van der Waals surface area contributed by atoms with E-state index in [-0.39, 0.29) is 18.1 Å². The second kappa shape index (κ2) is 13.4. The number of nitrogens with zero attached hydrogens (tertiary/aromatic N) is 3. The molecule has 0 saturated carbocycles. The van der Waals surface area contributed by atoms with Gasteiger partial charge in [-0.15, -0.1) is 10.2 Å². The van der Waals surface area contributed by atoms with Crippen molar-refractivity contribution < 1.29 is 38.4 Å². The third-order valence-electron chi connectivity index (χ3n) is 5.19. The van der Waals surface area contributed by atoms with Crippen molar-refractivity contribution in [1.82, 2.24) is 14.8 Å². The molecule has 0 unspecified atom stereocenters. The summed E-state index contributed by atoms with van der Waals surface area (Å²) in [6.07, 6.45) is 1.49. The van der Waals surface area contributed by atoms with Gasteiger partial charge < -0.3 is 33.4 Å². The lowest BCUT2D eigenvalue weighted by atomic mass is 10.2. The largest absolute Gasteiger partial charge is 0.497 e. The SMILES string of the molecule is CCOC(=O)COc1ccc(/C=C(\Sc2nnc(-c3cc(OC)cc(OC)c3)n2CC)C(=O)O)cc1OC. The molecule has 2 aromatic carbocycles. The molecule has 0 atom stereocenters. The minimum absolute atomic E-state index is 0.0177. The van der Waals surface area contributed by atoms with Gasteiger partial charge in [0.2, 0.25) is 0 Å². The Morgan fingerprint density at radius 2 is 1.68 bits per heavy atom. The van der Waals surface area contributed by atoms with E-state index in [9.17, 15) is 14.7 Å². The third-order valence-corrected chi connectivity index (χ3v) is 6.19. The molecular formula is C26H29N3O8S. The summed E-state index contributed by atoms with van der Waals surface area (Å²) in [5.41, 5.74) is 1.27. The fourth-order valence-electron chi connectivity index (χ4n) is 3.42. The van der Waals surface area contributed by atoms with Crippen LogP contribution >= 0.6 is 11.8 Å². The fourth-order valence-corrected chi connectivity index (χ4v) is 4.30. The number of ether oxygens (including phenoxy) is 5. The van der Waals surface area contributed by atoms with Gasteiger partial charge in [0.15, 0.2) is 29.1 Å². The van der Waals surface area contributed by atoms with Crippen molar-refractivity contribution >= 4 is 29.8 Å². The first-order valence-electron chi connectivity index (χ1n) is 11.6. The summed E-state index contributed by atoms with van der Waals surface area (Å²) in [4.78, 5) is 23.7. The maximum Gasteiger partial charge on any atom is 0.344 e. The van der Waals surface area contributed by atoms with Gasteiger partial charge in [0.1, 0.15) is 16.4 Å². The number of rotatable bonds is 13. The molecule has 1 aromatic heterocycles. The number of benzene rings is 2. The average Bonchev–Trinajstić information content (AvgIpc) is 3.34. The van der Waals surface area contributed by atoms with Gasteiger partial charge in [0.05, 0.1) is 27.9 Å². The summed E-state index contributed by atoms with van der Waals surface area (Å²) in [5, 5.41) is 18.9. The van der Waals surface area contributed by atoms with E-state index in [0.717, 1.165) is 11.8 Å². The first kappa shape index (κ1) is 28.4. The van der Waals surface area contributed by atoms with E-state index < -0.39 is 11.9 Å². The van der Waals surface area contributed by atoms with Crippen LogP contribution in [0.3, 0.4) is 0 Å². The smallest absolute Gasteiger partial charge is 0.344 e. The Morgan fingerprint density at radius 1 is 0.974 bits per heavy atom. The van der Waals surface area contributed by atoms with Gasteiger partial charge in [-0.2, -0.15) is 0 Å². The van der Waals surface area contributed by atoms with Crippen LogP contribution in [0.5, 0.6) is 23.0 Å². The van der Waals surface area contributed by atoms with Gasteiger partial charge in [-0.1, -0.05) is 6.07 Å². The maximum atomic E-state index is 12.1. The number of aliphatic carboxylic acids is 1. The normalized spacial score (nSPS) is 11.1. The monoisotopic (exact) mass is 543 g/mol. The first-order valence-corrected chi connectivity index (χ1v) is 12.4. The molecule has 3 aromatic rings.